The Morgan fingerprint density at radius 2 is 2.11 bits per heavy atom. The molecule has 1 aromatic carbocycles. The zero-order valence-corrected chi connectivity index (χ0v) is 12.1. The molecule has 0 bridgehead atoms. The van der Waals surface area contributed by atoms with Crippen molar-refractivity contribution < 1.29 is 9.90 Å². The van der Waals surface area contributed by atoms with E-state index in [0.717, 1.165) is 12.8 Å². The molecule has 0 radical (unpaired) electrons. The molecular weight excluding hydrogens is 238 g/mol. The van der Waals surface area contributed by atoms with E-state index in [1.54, 1.807) is 6.92 Å². The van der Waals surface area contributed by atoms with E-state index in [1.807, 2.05) is 13.0 Å². The standard InChI is InChI=1S/C16H25NO2/c1-12-5-4-6-15(10-12)7-8-16(19)17-11-13(2)9-14(3)18/h4-6,10,13-14,18H,7-9,11H2,1-3H3,(H,17,19). The Hall–Kier alpha value is -1.35. The van der Waals surface area contributed by atoms with Gasteiger partial charge in [-0.15, -0.1) is 0 Å². The molecule has 2 unspecified atom stereocenters. The summed E-state index contributed by atoms with van der Waals surface area (Å²) in [6.07, 6.45) is 1.71. The third kappa shape index (κ3) is 6.97. The van der Waals surface area contributed by atoms with E-state index in [2.05, 4.69) is 30.4 Å². The largest absolute Gasteiger partial charge is 0.393 e. The lowest BCUT2D eigenvalue weighted by molar-refractivity contribution is -0.121. The number of hydrogen-bond acceptors (Lipinski definition) is 2. The van der Waals surface area contributed by atoms with Crippen LogP contribution in [0.1, 0.15) is 37.8 Å². The van der Waals surface area contributed by atoms with Gasteiger partial charge in [-0.2, -0.15) is 0 Å². The Bertz CT molecular complexity index is 401. The third-order valence-corrected chi connectivity index (χ3v) is 3.11. The van der Waals surface area contributed by atoms with Gasteiger partial charge in [-0.05, 0) is 38.2 Å². The van der Waals surface area contributed by atoms with Crippen molar-refractivity contribution in [1.82, 2.24) is 5.32 Å². The van der Waals surface area contributed by atoms with Crippen LogP contribution in [0.3, 0.4) is 0 Å². The van der Waals surface area contributed by atoms with Gasteiger partial charge < -0.3 is 10.4 Å². The van der Waals surface area contributed by atoms with Crippen LogP contribution in [0.2, 0.25) is 0 Å². The van der Waals surface area contributed by atoms with Crippen LogP contribution in [0.5, 0.6) is 0 Å². The molecular formula is C16H25NO2. The summed E-state index contributed by atoms with van der Waals surface area (Å²) < 4.78 is 0. The fraction of sp³-hybridized carbons (Fsp3) is 0.562. The van der Waals surface area contributed by atoms with Gasteiger partial charge in [-0.1, -0.05) is 36.8 Å². The number of aliphatic hydroxyl groups excluding tert-OH is 1. The van der Waals surface area contributed by atoms with Gasteiger partial charge in [0.1, 0.15) is 0 Å². The molecule has 0 heterocycles. The zero-order chi connectivity index (χ0) is 14.3. The van der Waals surface area contributed by atoms with Crippen LogP contribution in [0.15, 0.2) is 24.3 Å². The summed E-state index contributed by atoms with van der Waals surface area (Å²) in [7, 11) is 0. The zero-order valence-electron chi connectivity index (χ0n) is 12.1. The number of aliphatic hydroxyl groups is 1. The average Bonchev–Trinajstić information content (AvgIpc) is 2.33. The molecule has 3 nitrogen and oxygen atoms in total. The molecule has 1 amide bonds. The highest BCUT2D eigenvalue weighted by Gasteiger charge is 2.08. The first-order chi connectivity index (χ1) is 8.97. The first kappa shape index (κ1) is 15.7. The van der Waals surface area contributed by atoms with Crippen molar-refractivity contribution >= 4 is 5.91 Å². The number of aryl methyl sites for hydroxylation is 2. The van der Waals surface area contributed by atoms with Crippen LogP contribution in [-0.2, 0) is 11.2 Å². The normalized spacial score (nSPS) is 13.9. The number of hydrogen-bond donors (Lipinski definition) is 2. The minimum absolute atomic E-state index is 0.0824. The van der Waals surface area contributed by atoms with Crippen LogP contribution < -0.4 is 5.32 Å². The summed E-state index contributed by atoms with van der Waals surface area (Å²) in [6.45, 7) is 6.50. The van der Waals surface area contributed by atoms with Crippen LogP contribution >= 0.6 is 0 Å². The topological polar surface area (TPSA) is 49.3 Å². The van der Waals surface area contributed by atoms with Gasteiger partial charge in [0.15, 0.2) is 0 Å². The average molecular weight is 263 g/mol. The summed E-state index contributed by atoms with van der Waals surface area (Å²) in [5, 5.41) is 12.2. The van der Waals surface area contributed by atoms with Gasteiger partial charge in [0, 0.05) is 13.0 Å². The Balaban J connectivity index is 2.25. The summed E-state index contributed by atoms with van der Waals surface area (Å²) in [6, 6.07) is 8.24. The van der Waals surface area contributed by atoms with E-state index in [1.165, 1.54) is 11.1 Å². The molecule has 0 aliphatic carbocycles. The van der Waals surface area contributed by atoms with E-state index in [0.29, 0.717) is 18.9 Å². The van der Waals surface area contributed by atoms with Crippen LogP contribution in [0, 0.1) is 12.8 Å². The van der Waals surface area contributed by atoms with Crippen LogP contribution in [0.4, 0.5) is 0 Å². The summed E-state index contributed by atoms with van der Waals surface area (Å²) in [5.41, 5.74) is 2.43. The second-order valence-electron chi connectivity index (χ2n) is 5.48. The van der Waals surface area contributed by atoms with Gasteiger partial charge in [0.05, 0.1) is 6.10 Å². The first-order valence-electron chi connectivity index (χ1n) is 6.97. The van der Waals surface area contributed by atoms with Crippen molar-refractivity contribution in [3.8, 4) is 0 Å². The first-order valence-corrected chi connectivity index (χ1v) is 6.97. The molecule has 19 heavy (non-hydrogen) atoms. The van der Waals surface area contributed by atoms with Crippen molar-refractivity contribution in [2.24, 2.45) is 5.92 Å². The monoisotopic (exact) mass is 263 g/mol. The Kier molecular flexibility index (Phi) is 6.57. The van der Waals surface area contributed by atoms with Crippen molar-refractivity contribution in [2.45, 2.75) is 46.1 Å². The molecule has 2 N–H and O–H groups in total. The molecule has 0 saturated carbocycles. The molecule has 3 heteroatoms. The molecule has 0 saturated heterocycles. The molecule has 0 aromatic heterocycles. The van der Waals surface area contributed by atoms with Crippen molar-refractivity contribution in [3.05, 3.63) is 35.4 Å². The molecule has 106 valence electrons. The Morgan fingerprint density at radius 1 is 1.37 bits per heavy atom. The molecule has 0 aliphatic rings. The number of rotatable bonds is 7. The van der Waals surface area contributed by atoms with E-state index < -0.39 is 0 Å². The smallest absolute Gasteiger partial charge is 0.220 e. The maximum atomic E-state index is 11.7. The lowest BCUT2D eigenvalue weighted by Gasteiger charge is -2.14. The molecule has 0 aliphatic heterocycles. The Morgan fingerprint density at radius 3 is 2.74 bits per heavy atom. The molecule has 0 fully saturated rings. The van der Waals surface area contributed by atoms with Gasteiger partial charge in [0.2, 0.25) is 5.91 Å². The second-order valence-corrected chi connectivity index (χ2v) is 5.48. The highest BCUT2D eigenvalue weighted by atomic mass is 16.3. The van der Waals surface area contributed by atoms with Crippen molar-refractivity contribution in [2.75, 3.05) is 6.54 Å². The van der Waals surface area contributed by atoms with E-state index >= 15 is 0 Å². The SMILES string of the molecule is Cc1cccc(CCC(=O)NCC(C)CC(C)O)c1. The molecule has 0 spiro atoms. The lowest BCUT2D eigenvalue weighted by atomic mass is 10.0. The number of nitrogens with one attached hydrogen (secondary N) is 1. The fourth-order valence-electron chi connectivity index (χ4n) is 2.17. The van der Waals surface area contributed by atoms with Gasteiger partial charge in [-0.25, -0.2) is 0 Å². The van der Waals surface area contributed by atoms with Crippen LogP contribution in [-0.4, -0.2) is 23.7 Å². The predicted molar refractivity (Wildman–Crippen MR) is 78.0 cm³/mol. The molecule has 2 atom stereocenters. The third-order valence-electron chi connectivity index (χ3n) is 3.11. The lowest BCUT2D eigenvalue weighted by Crippen LogP contribution is -2.29. The number of amides is 1. The van der Waals surface area contributed by atoms with E-state index in [-0.39, 0.29) is 12.0 Å². The maximum absolute atomic E-state index is 11.7. The van der Waals surface area contributed by atoms with Crippen molar-refractivity contribution in [1.29, 1.82) is 0 Å². The van der Waals surface area contributed by atoms with Gasteiger partial charge >= 0.3 is 0 Å². The van der Waals surface area contributed by atoms with Gasteiger partial charge in [0.25, 0.3) is 0 Å². The van der Waals surface area contributed by atoms with E-state index in [4.69, 9.17) is 0 Å². The predicted octanol–water partition coefficient (Wildman–Crippen LogP) is 2.45. The molecule has 1 aromatic rings. The van der Waals surface area contributed by atoms with Crippen LogP contribution in [0.25, 0.3) is 0 Å². The highest BCUT2D eigenvalue weighted by molar-refractivity contribution is 5.76. The number of carbonyl (C=O) groups excluding carboxylic acids is 1. The van der Waals surface area contributed by atoms with E-state index in [9.17, 15) is 9.90 Å². The summed E-state index contributed by atoms with van der Waals surface area (Å²) >= 11 is 0. The molecule has 1 rings (SSSR count). The number of carbonyl (C=O) groups is 1. The number of benzene rings is 1. The summed E-state index contributed by atoms with van der Waals surface area (Å²) in [5.74, 6) is 0.391. The van der Waals surface area contributed by atoms with Gasteiger partial charge in [-0.3, -0.25) is 4.79 Å². The minimum atomic E-state index is -0.306. The fourth-order valence-corrected chi connectivity index (χ4v) is 2.17. The maximum Gasteiger partial charge on any atom is 0.220 e. The summed E-state index contributed by atoms with van der Waals surface area (Å²) in [4.78, 5) is 11.7. The minimum Gasteiger partial charge on any atom is -0.393 e. The second kappa shape index (κ2) is 7.95. The quantitative estimate of drug-likeness (QED) is 0.794. The highest BCUT2D eigenvalue weighted by Crippen LogP contribution is 2.07. The Labute approximate surface area is 116 Å². The van der Waals surface area contributed by atoms with Crippen molar-refractivity contribution in [3.63, 3.8) is 0 Å².